The van der Waals surface area contributed by atoms with Crippen LogP contribution in [0.3, 0.4) is 0 Å². The van der Waals surface area contributed by atoms with E-state index in [0.717, 1.165) is 46.3 Å². The molecule has 0 bridgehead atoms. The number of carbonyl (C=O) groups excluding carboxylic acids is 1. The maximum atomic E-state index is 12.6. The number of likely N-dealkylation sites (N-methyl/N-ethyl adjacent to an activating group) is 1. The fraction of sp³-hybridized carbons (Fsp3) is 0.244. The van der Waals surface area contributed by atoms with E-state index in [2.05, 4.69) is 78.8 Å². The zero-order valence-corrected chi connectivity index (χ0v) is 27.0. The molecule has 6 nitrogen and oxygen atoms in total. The number of amides is 1. The molecule has 1 fully saturated rings. The summed E-state index contributed by atoms with van der Waals surface area (Å²) in [5, 5.41) is 12.6. The van der Waals surface area contributed by atoms with E-state index in [-0.39, 0.29) is 30.8 Å². The first-order chi connectivity index (χ1) is 23.0. The normalized spacial score (nSPS) is 18.5. The first kappa shape index (κ1) is 32.4. The number of carbonyl (C=O) groups is 1. The molecule has 4 atom stereocenters. The topological polar surface area (TPSA) is 71.0 Å². The number of rotatable bonds is 11. The average Bonchev–Trinajstić information content (AvgIpc) is 3.14. The van der Waals surface area contributed by atoms with Gasteiger partial charge in [0.25, 0.3) is 5.91 Å². The van der Waals surface area contributed by atoms with E-state index in [9.17, 15) is 9.90 Å². The van der Waals surface area contributed by atoms with Crippen molar-refractivity contribution in [1.82, 2.24) is 10.2 Å². The molecule has 6 heteroatoms. The second-order valence-electron chi connectivity index (χ2n) is 12.3. The summed E-state index contributed by atoms with van der Waals surface area (Å²) in [5.41, 5.74) is 7.93. The highest BCUT2D eigenvalue weighted by atomic mass is 16.7. The van der Waals surface area contributed by atoms with Crippen molar-refractivity contribution < 1.29 is 19.4 Å². The Bertz CT molecular complexity index is 1740. The summed E-state index contributed by atoms with van der Waals surface area (Å²) < 4.78 is 13.4. The summed E-state index contributed by atoms with van der Waals surface area (Å²) in [6.45, 7) is 3.42. The fourth-order valence-electron chi connectivity index (χ4n) is 6.10. The Labute approximate surface area is 277 Å². The molecular formula is C41H42N2O4. The van der Waals surface area contributed by atoms with Gasteiger partial charge in [0.2, 0.25) is 0 Å². The zero-order valence-electron chi connectivity index (χ0n) is 27.0. The number of hydrogen-bond acceptors (Lipinski definition) is 5. The molecule has 0 unspecified atom stereocenters. The number of hydrogen-bond donors (Lipinski definition) is 2. The third-order valence-electron chi connectivity index (χ3n) is 8.96. The second kappa shape index (κ2) is 15.3. The Morgan fingerprint density at radius 1 is 0.787 bits per heavy atom. The van der Waals surface area contributed by atoms with Crippen molar-refractivity contribution in [2.45, 2.75) is 51.0 Å². The minimum atomic E-state index is -0.551. The van der Waals surface area contributed by atoms with Crippen molar-refractivity contribution in [2.24, 2.45) is 0 Å². The van der Waals surface area contributed by atoms with Crippen LogP contribution in [0, 0.1) is 0 Å². The van der Waals surface area contributed by atoms with E-state index in [1.54, 1.807) is 0 Å². The van der Waals surface area contributed by atoms with Gasteiger partial charge in [0, 0.05) is 36.7 Å². The summed E-state index contributed by atoms with van der Waals surface area (Å²) >= 11 is 0. The van der Waals surface area contributed by atoms with Crippen LogP contribution in [0.4, 0.5) is 0 Å². The van der Waals surface area contributed by atoms with Crippen molar-refractivity contribution >= 4 is 5.91 Å². The second-order valence-corrected chi connectivity index (χ2v) is 12.3. The maximum Gasteiger partial charge on any atom is 0.251 e. The highest BCUT2D eigenvalue weighted by Gasteiger charge is 2.33. The molecule has 0 aromatic heterocycles. The summed E-state index contributed by atoms with van der Waals surface area (Å²) in [5.74, 6) is -0.0940. The molecule has 1 saturated heterocycles. The van der Waals surface area contributed by atoms with E-state index in [1.807, 2.05) is 78.9 Å². The van der Waals surface area contributed by atoms with Gasteiger partial charge in [-0.1, -0.05) is 109 Å². The highest BCUT2D eigenvalue weighted by molar-refractivity contribution is 5.94. The Hall–Kier alpha value is -4.59. The number of aliphatic hydroxyl groups excluding tert-OH is 1. The molecule has 0 aliphatic carbocycles. The van der Waals surface area contributed by atoms with Gasteiger partial charge in [-0.25, -0.2) is 0 Å². The third kappa shape index (κ3) is 8.23. The predicted molar refractivity (Wildman–Crippen MR) is 185 cm³/mol. The lowest BCUT2D eigenvalue weighted by molar-refractivity contribution is -0.253. The van der Waals surface area contributed by atoms with E-state index in [4.69, 9.17) is 9.47 Å². The van der Waals surface area contributed by atoms with Crippen LogP contribution in [-0.2, 0) is 22.6 Å². The van der Waals surface area contributed by atoms with Gasteiger partial charge >= 0.3 is 0 Å². The molecule has 47 heavy (non-hydrogen) atoms. The van der Waals surface area contributed by atoms with Gasteiger partial charge in [-0.15, -0.1) is 0 Å². The Morgan fingerprint density at radius 3 is 2.19 bits per heavy atom. The average molecular weight is 627 g/mol. The molecule has 0 saturated carbocycles. The van der Waals surface area contributed by atoms with Gasteiger partial charge < -0.3 is 19.9 Å². The number of aliphatic hydroxyl groups is 1. The number of ether oxygens (including phenoxy) is 2. The van der Waals surface area contributed by atoms with Crippen molar-refractivity contribution in [1.29, 1.82) is 0 Å². The van der Waals surface area contributed by atoms with Crippen LogP contribution in [0.25, 0.3) is 11.1 Å². The van der Waals surface area contributed by atoms with E-state index >= 15 is 0 Å². The first-order valence-corrected chi connectivity index (χ1v) is 16.2. The SMILES string of the molecule is C[C@@H](c1ccccc1)N(C)C[C@H]1C[C@@H](c2ccc(CO)cc2)O[C@@H](c2cccc(-c3cccc(CNC(=O)c4ccccc4)c3)c2)O1. The summed E-state index contributed by atoms with van der Waals surface area (Å²) in [4.78, 5) is 14.9. The molecule has 1 aliphatic heterocycles. The van der Waals surface area contributed by atoms with Crippen LogP contribution >= 0.6 is 0 Å². The van der Waals surface area contributed by atoms with Crippen molar-refractivity contribution in [3.8, 4) is 11.1 Å². The largest absolute Gasteiger partial charge is 0.392 e. The van der Waals surface area contributed by atoms with Gasteiger partial charge in [0.05, 0.1) is 18.8 Å². The number of benzene rings is 5. The lowest BCUT2D eigenvalue weighted by Gasteiger charge is -2.39. The molecule has 0 radical (unpaired) electrons. The van der Waals surface area contributed by atoms with Crippen molar-refractivity contribution in [3.05, 3.63) is 167 Å². The molecule has 1 aliphatic rings. The standard InChI is InChI=1S/C41H42N2O4/c1-29(32-12-5-3-6-13-32)43(2)27-38-25-39(33-21-19-30(28-44)20-22-33)47-41(46-38)37-18-10-17-36(24-37)35-16-9-11-31(23-35)26-42-40(45)34-14-7-4-8-15-34/h3-24,29,38-39,41,44H,25-28H2,1-2H3,(H,42,45)/t29-,38+,39-,41-/m0/s1. The molecule has 6 rings (SSSR count). The Balaban J connectivity index is 1.21. The van der Waals surface area contributed by atoms with Gasteiger partial charge in [0.15, 0.2) is 6.29 Å². The predicted octanol–water partition coefficient (Wildman–Crippen LogP) is 8.01. The van der Waals surface area contributed by atoms with Crippen LogP contribution in [0.15, 0.2) is 133 Å². The Morgan fingerprint density at radius 2 is 1.47 bits per heavy atom. The highest BCUT2D eigenvalue weighted by Crippen LogP contribution is 2.39. The molecule has 1 heterocycles. The lowest BCUT2D eigenvalue weighted by atomic mass is 9.98. The van der Waals surface area contributed by atoms with Gasteiger partial charge in [-0.2, -0.15) is 0 Å². The molecule has 0 spiro atoms. The minimum Gasteiger partial charge on any atom is -0.392 e. The third-order valence-corrected chi connectivity index (χ3v) is 8.96. The zero-order chi connectivity index (χ0) is 32.6. The van der Waals surface area contributed by atoms with E-state index in [1.165, 1.54) is 5.56 Å². The number of nitrogens with zero attached hydrogens (tertiary/aromatic N) is 1. The first-order valence-electron chi connectivity index (χ1n) is 16.2. The smallest absolute Gasteiger partial charge is 0.251 e. The maximum absolute atomic E-state index is 12.6. The quantitative estimate of drug-likeness (QED) is 0.155. The van der Waals surface area contributed by atoms with Gasteiger partial charge in [-0.05, 0) is 71.6 Å². The molecule has 1 amide bonds. The van der Waals surface area contributed by atoms with Crippen LogP contribution < -0.4 is 5.32 Å². The molecule has 2 N–H and O–H groups in total. The van der Waals surface area contributed by atoms with Gasteiger partial charge in [-0.3, -0.25) is 9.69 Å². The van der Waals surface area contributed by atoms with E-state index in [0.29, 0.717) is 12.1 Å². The van der Waals surface area contributed by atoms with Gasteiger partial charge in [0.1, 0.15) is 0 Å². The molecule has 5 aromatic rings. The summed E-state index contributed by atoms with van der Waals surface area (Å²) in [6.07, 6.45) is -0.0539. The van der Waals surface area contributed by atoms with Crippen LogP contribution in [0.5, 0.6) is 0 Å². The van der Waals surface area contributed by atoms with Crippen LogP contribution in [0.1, 0.15) is 70.0 Å². The summed E-state index contributed by atoms with van der Waals surface area (Å²) in [6, 6.07) is 44.6. The minimum absolute atomic E-state index is 0.00965. The monoisotopic (exact) mass is 626 g/mol. The van der Waals surface area contributed by atoms with Crippen molar-refractivity contribution in [2.75, 3.05) is 13.6 Å². The van der Waals surface area contributed by atoms with E-state index < -0.39 is 6.29 Å². The molecular weight excluding hydrogens is 584 g/mol. The fourth-order valence-corrected chi connectivity index (χ4v) is 6.10. The lowest BCUT2D eigenvalue weighted by Crippen LogP contribution is -2.38. The number of nitrogens with one attached hydrogen (secondary N) is 1. The van der Waals surface area contributed by atoms with Crippen molar-refractivity contribution in [3.63, 3.8) is 0 Å². The van der Waals surface area contributed by atoms with Crippen LogP contribution in [-0.4, -0.2) is 35.6 Å². The molecule has 240 valence electrons. The Kier molecular flexibility index (Phi) is 10.6. The molecule has 5 aromatic carbocycles. The summed E-state index contributed by atoms with van der Waals surface area (Å²) in [7, 11) is 2.15. The van der Waals surface area contributed by atoms with Crippen LogP contribution in [0.2, 0.25) is 0 Å².